The summed E-state index contributed by atoms with van der Waals surface area (Å²) in [7, 11) is 4.65. The number of methoxy groups -OCH3 is 3. The Morgan fingerprint density at radius 3 is 2.00 bits per heavy atom. The molecule has 0 aliphatic carbocycles. The van der Waals surface area contributed by atoms with Gasteiger partial charge in [0.1, 0.15) is 5.75 Å². The van der Waals surface area contributed by atoms with E-state index in [1.807, 2.05) is 12.1 Å². The van der Waals surface area contributed by atoms with E-state index in [1.165, 1.54) is 6.21 Å². The lowest BCUT2D eigenvalue weighted by atomic mass is 9.87. The van der Waals surface area contributed by atoms with Crippen molar-refractivity contribution in [1.82, 2.24) is 5.43 Å². The average molecular weight is 370 g/mol. The Bertz CT molecular complexity index is 821. The minimum atomic E-state index is -0.286. The Morgan fingerprint density at radius 2 is 1.48 bits per heavy atom. The van der Waals surface area contributed by atoms with E-state index in [9.17, 15) is 4.79 Å². The standard InChI is InChI=1S/C21H26N2O4/c1-21(2,3)16-9-7-14(8-10-16)20(24)23-22-13-15-11-18(26-5)19(27-6)12-17(15)25-4/h7-13H,1-6H3,(H,23,24)/b22-13-. The van der Waals surface area contributed by atoms with Crippen LogP contribution in [0.2, 0.25) is 0 Å². The maximum absolute atomic E-state index is 12.3. The van der Waals surface area contributed by atoms with E-state index in [0.717, 1.165) is 5.56 Å². The third-order valence-electron chi connectivity index (χ3n) is 4.12. The summed E-state index contributed by atoms with van der Waals surface area (Å²) in [5.41, 5.74) is 4.92. The molecule has 1 N–H and O–H groups in total. The first-order valence-corrected chi connectivity index (χ1v) is 8.54. The fourth-order valence-corrected chi connectivity index (χ4v) is 2.50. The molecule has 0 saturated carbocycles. The molecule has 0 bridgehead atoms. The summed E-state index contributed by atoms with van der Waals surface area (Å²) in [6, 6.07) is 10.9. The van der Waals surface area contributed by atoms with Crippen molar-refractivity contribution in [3.05, 3.63) is 53.1 Å². The van der Waals surface area contributed by atoms with Crippen LogP contribution in [0, 0.1) is 0 Å². The van der Waals surface area contributed by atoms with Crippen LogP contribution < -0.4 is 19.6 Å². The number of hydrazone groups is 1. The maximum Gasteiger partial charge on any atom is 0.271 e. The number of nitrogens with zero attached hydrogens (tertiary/aromatic N) is 1. The highest BCUT2D eigenvalue weighted by atomic mass is 16.5. The summed E-state index contributed by atoms with van der Waals surface area (Å²) in [6.45, 7) is 6.38. The minimum Gasteiger partial charge on any atom is -0.496 e. The number of carbonyl (C=O) groups is 1. The molecule has 0 aliphatic rings. The van der Waals surface area contributed by atoms with Crippen molar-refractivity contribution in [3.8, 4) is 17.2 Å². The SMILES string of the molecule is COc1cc(OC)c(OC)cc1/C=N\NC(=O)c1ccc(C(C)(C)C)cc1. The van der Waals surface area contributed by atoms with Crippen LogP contribution in [0.25, 0.3) is 0 Å². The molecule has 0 spiro atoms. The molecule has 27 heavy (non-hydrogen) atoms. The lowest BCUT2D eigenvalue weighted by Crippen LogP contribution is -2.18. The number of carbonyl (C=O) groups excluding carboxylic acids is 1. The van der Waals surface area contributed by atoms with Crippen molar-refractivity contribution in [1.29, 1.82) is 0 Å². The van der Waals surface area contributed by atoms with Crippen molar-refractivity contribution in [2.24, 2.45) is 5.10 Å². The largest absolute Gasteiger partial charge is 0.496 e. The topological polar surface area (TPSA) is 69.2 Å². The molecular formula is C21H26N2O4. The average Bonchev–Trinajstić information content (AvgIpc) is 2.66. The number of rotatable bonds is 6. The third kappa shape index (κ3) is 5.00. The highest BCUT2D eigenvalue weighted by Gasteiger charge is 2.14. The van der Waals surface area contributed by atoms with Gasteiger partial charge in [-0.05, 0) is 29.2 Å². The smallest absolute Gasteiger partial charge is 0.271 e. The van der Waals surface area contributed by atoms with Gasteiger partial charge < -0.3 is 14.2 Å². The number of benzene rings is 2. The number of hydrogen-bond donors (Lipinski definition) is 1. The van der Waals surface area contributed by atoms with E-state index in [-0.39, 0.29) is 11.3 Å². The van der Waals surface area contributed by atoms with Gasteiger partial charge in [0.2, 0.25) is 0 Å². The Morgan fingerprint density at radius 1 is 0.926 bits per heavy atom. The second kappa shape index (κ2) is 8.58. The molecule has 0 radical (unpaired) electrons. The van der Waals surface area contributed by atoms with Crippen molar-refractivity contribution in [3.63, 3.8) is 0 Å². The fourth-order valence-electron chi connectivity index (χ4n) is 2.50. The van der Waals surface area contributed by atoms with E-state index < -0.39 is 0 Å². The predicted molar refractivity (Wildman–Crippen MR) is 106 cm³/mol. The molecule has 0 unspecified atom stereocenters. The van der Waals surface area contributed by atoms with Crippen molar-refractivity contribution >= 4 is 12.1 Å². The van der Waals surface area contributed by atoms with Gasteiger partial charge >= 0.3 is 0 Å². The Balaban J connectivity index is 2.14. The van der Waals surface area contributed by atoms with Crippen molar-refractivity contribution in [2.45, 2.75) is 26.2 Å². The zero-order valence-corrected chi connectivity index (χ0v) is 16.6. The summed E-state index contributed by atoms with van der Waals surface area (Å²) in [6.07, 6.45) is 1.50. The monoisotopic (exact) mass is 370 g/mol. The molecule has 6 nitrogen and oxygen atoms in total. The van der Waals surface area contributed by atoms with Crippen LogP contribution in [0.4, 0.5) is 0 Å². The van der Waals surface area contributed by atoms with Crippen molar-refractivity contribution < 1.29 is 19.0 Å². The quantitative estimate of drug-likeness (QED) is 0.621. The van der Waals surface area contributed by atoms with Gasteiger partial charge in [-0.1, -0.05) is 32.9 Å². The van der Waals surface area contributed by atoms with Crippen LogP contribution >= 0.6 is 0 Å². The molecule has 2 aromatic carbocycles. The molecule has 0 aromatic heterocycles. The number of amides is 1. The van der Waals surface area contributed by atoms with E-state index in [0.29, 0.717) is 28.4 Å². The minimum absolute atomic E-state index is 0.0388. The zero-order valence-electron chi connectivity index (χ0n) is 16.6. The van der Waals surface area contributed by atoms with Crippen LogP contribution in [0.3, 0.4) is 0 Å². The summed E-state index contributed by atoms with van der Waals surface area (Å²) >= 11 is 0. The van der Waals surface area contributed by atoms with Gasteiger partial charge in [0.05, 0.1) is 27.5 Å². The second-order valence-corrected chi connectivity index (χ2v) is 6.98. The molecule has 0 aliphatic heterocycles. The van der Waals surface area contributed by atoms with Gasteiger partial charge in [-0.3, -0.25) is 4.79 Å². The summed E-state index contributed by atoms with van der Waals surface area (Å²) < 4.78 is 15.9. The fraction of sp³-hybridized carbons (Fsp3) is 0.333. The van der Waals surface area contributed by atoms with Gasteiger partial charge in [0.25, 0.3) is 5.91 Å². The lowest BCUT2D eigenvalue weighted by molar-refractivity contribution is 0.0955. The normalized spacial score (nSPS) is 11.3. The molecule has 0 saturated heterocycles. The number of nitrogens with one attached hydrogen (secondary N) is 1. The summed E-state index contributed by atoms with van der Waals surface area (Å²) in [5, 5.41) is 4.03. The number of ether oxygens (including phenoxy) is 3. The van der Waals surface area contributed by atoms with Crippen LogP contribution in [-0.4, -0.2) is 33.5 Å². The van der Waals surface area contributed by atoms with Gasteiger partial charge in [0, 0.05) is 17.2 Å². The first-order valence-electron chi connectivity index (χ1n) is 8.54. The molecule has 144 valence electrons. The summed E-state index contributed by atoms with van der Waals surface area (Å²) in [4.78, 5) is 12.3. The molecule has 0 heterocycles. The Hall–Kier alpha value is -3.02. The number of hydrogen-bond acceptors (Lipinski definition) is 5. The summed E-state index contributed by atoms with van der Waals surface area (Å²) in [5.74, 6) is 1.37. The molecule has 0 atom stereocenters. The lowest BCUT2D eigenvalue weighted by Gasteiger charge is -2.18. The van der Waals surface area contributed by atoms with Crippen LogP contribution in [0.1, 0.15) is 42.3 Å². The highest BCUT2D eigenvalue weighted by Crippen LogP contribution is 2.33. The van der Waals surface area contributed by atoms with E-state index in [1.54, 1.807) is 45.6 Å². The molecule has 6 heteroatoms. The first-order chi connectivity index (χ1) is 12.8. The van der Waals surface area contributed by atoms with Crippen molar-refractivity contribution in [2.75, 3.05) is 21.3 Å². The van der Waals surface area contributed by atoms with Crippen LogP contribution in [0.15, 0.2) is 41.5 Å². The van der Waals surface area contributed by atoms with Gasteiger partial charge in [-0.25, -0.2) is 5.43 Å². The van der Waals surface area contributed by atoms with Gasteiger partial charge in [0.15, 0.2) is 11.5 Å². The molecule has 0 fully saturated rings. The Labute approximate surface area is 160 Å². The zero-order chi connectivity index (χ0) is 20.0. The molecular weight excluding hydrogens is 344 g/mol. The first kappa shape index (κ1) is 20.3. The third-order valence-corrected chi connectivity index (χ3v) is 4.12. The van der Waals surface area contributed by atoms with E-state index >= 15 is 0 Å². The maximum atomic E-state index is 12.3. The van der Waals surface area contributed by atoms with Crippen LogP contribution in [-0.2, 0) is 5.41 Å². The van der Waals surface area contributed by atoms with E-state index in [2.05, 4.69) is 31.3 Å². The molecule has 2 rings (SSSR count). The highest BCUT2D eigenvalue weighted by molar-refractivity contribution is 5.95. The van der Waals surface area contributed by atoms with E-state index in [4.69, 9.17) is 14.2 Å². The molecule has 2 aromatic rings. The van der Waals surface area contributed by atoms with Crippen LogP contribution in [0.5, 0.6) is 17.2 Å². The Kier molecular flexibility index (Phi) is 6.45. The van der Waals surface area contributed by atoms with Gasteiger partial charge in [-0.2, -0.15) is 5.10 Å². The van der Waals surface area contributed by atoms with Gasteiger partial charge in [-0.15, -0.1) is 0 Å². The second-order valence-electron chi connectivity index (χ2n) is 6.98. The molecule has 1 amide bonds. The predicted octanol–water partition coefficient (Wildman–Crippen LogP) is 3.77.